The molecule has 0 aliphatic rings. The third-order valence-corrected chi connectivity index (χ3v) is 3.31. The van der Waals surface area contributed by atoms with Gasteiger partial charge in [0.15, 0.2) is 0 Å². The van der Waals surface area contributed by atoms with Gasteiger partial charge in [-0.15, -0.1) is 0 Å². The number of esters is 1. The lowest BCUT2D eigenvalue weighted by atomic mass is 10.0. The summed E-state index contributed by atoms with van der Waals surface area (Å²) in [6.45, 7) is 6.29. The number of ether oxygens (including phenoxy) is 1. The molecule has 0 saturated carbocycles. The fraction of sp³-hybridized carbons (Fsp3) is 0.444. The average molecular weight is 338 g/mol. The van der Waals surface area contributed by atoms with Crippen LogP contribution in [0, 0.1) is 5.92 Å². The molecule has 23 heavy (non-hydrogen) atoms. The molecule has 1 aromatic rings. The Morgan fingerprint density at radius 2 is 1.91 bits per heavy atom. The minimum absolute atomic E-state index is 0.273. The Balaban J connectivity index is 2.64. The summed E-state index contributed by atoms with van der Waals surface area (Å²) < 4.78 is 5.14. The standard InChI is InChI=1S/C18H24ClNO3/c1-4-11-23-18(22)16(12-13(2)3)20-17(21)10-7-14-5-8-15(19)9-6-14/h5-10,13,16H,4,11-12H2,1-3H3,(H,20,21)/b10-7+/t16-/m1/s1. The van der Waals surface area contributed by atoms with E-state index in [4.69, 9.17) is 16.3 Å². The molecule has 0 aromatic heterocycles. The van der Waals surface area contributed by atoms with Crippen molar-refractivity contribution in [3.63, 3.8) is 0 Å². The summed E-state index contributed by atoms with van der Waals surface area (Å²) in [4.78, 5) is 24.0. The van der Waals surface area contributed by atoms with E-state index in [1.54, 1.807) is 18.2 Å². The average Bonchev–Trinajstić information content (AvgIpc) is 2.51. The summed E-state index contributed by atoms with van der Waals surface area (Å²) in [5.41, 5.74) is 0.860. The first-order chi connectivity index (χ1) is 10.9. The van der Waals surface area contributed by atoms with E-state index in [0.717, 1.165) is 12.0 Å². The fourth-order valence-corrected chi connectivity index (χ4v) is 2.08. The normalized spacial score (nSPS) is 12.4. The maximum absolute atomic E-state index is 12.0. The zero-order chi connectivity index (χ0) is 17.2. The van der Waals surface area contributed by atoms with Gasteiger partial charge in [-0.05, 0) is 42.5 Å². The van der Waals surface area contributed by atoms with Crippen LogP contribution in [-0.4, -0.2) is 24.5 Å². The van der Waals surface area contributed by atoms with Crippen LogP contribution in [0.15, 0.2) is 30.3 Å². The predicted molar refractivity (Wildman–Crippen MR) is 93.1 cm³/mol. The smallest absolute Gasteiger partial charge is 0.328 e. The number of benzene rings is 1. The van der Waals surface area contributed by atoms with Crippen molar-refractivity contribution in [2.75, 3.05) is 6.61 Å². The highest BCUT2D eigenvalue weighted by atomic mass is 35.5. The van der Waals surface area contributed by atoms with Gasteiger partial charge in [-0.2, -0.15) is 0 Å². The first-order valence-corrected chi connectivity index (χ1v) is 8.21. The number of nitrogens with one attached hydrogen (secondary N) is 1. The maximum atomic E-state index is 12.0. The Kier molecular flexibility index (Phi) is 8.41. The molecular weight excluding hydrogens is 314 g/mol. The second kappa shape index (κ2) is 10.1. The van der Waals surface area contributed by atoms with E-state index in [9.17, 15) is 9.59 Å². The van der Waals surface area contributed by atoms with E-state index in [1.165, 1.54) is 6.08 Å². The molecule has 4 nitrogen and oxygen atoms in total. The van der Waals surface area contributed by atoms with Crippen molar-refractivity contribution in [1.29, 1.82) is 0 Å². The van der Waals surface area contributed by atoms with Gasteiger partial charge in [0.25, 0.3) is 0 Å². The molecular formula is C18H24ClNO3. The number of rotatable bonds is 8. The molecule has 0 spiro atoms. The van der Waals surface area contributed by atoms with Crippen molar-refractivity contribution in [2.24, 2.45) is 5.92 Å². The van der Waals surface area contributed by atoms with E-state index in [1.807, 2.05) is 32.9 Å². The van der Waals surface area contributed by atoms with Crippen LogP contribution in [-0.2, 0) is 14.3 Å². The first-order valence-electron chi connectivity index (χ1n) is 7.83. The van der Waals surface area contributed by atoms with Crippen LogP contribution in [0.3, 0.4) is 0 Å². The molecule has 1 aromatic carbocycles. The summed E-state index contributed by atoms with van der Waals surface area (Å²) in [5.74, 6) is -0.428. The zero-order valence-corrected chi connectivity index (χ0v) is 14.6. The van der Waals surface area contributed by atoms with Crippen LogP contribution in [0.25, 0.3) is 6.08 Å². The molecule has 126 valence electrons. The first kappa shape index (κ1) is 19.2. The maximum Gasteiger partial charge on any atom is 0.328 e. The lowest BCUT2D eigenvalue weighted by molar-refractivity contribution is -0.148. The molecule has 0 saturated heterocycles. The monoisotopic (exact) mass is 337 g/mol. The SMILES string of the molecule is CCCOC(=O)[C@@H](CC(C)C)NC(=O)/C=C/c1ccc(Cl)cc1. The molecule has 5 heteroatoms. The van der Waals surface area contributed by atoms with Crippen LogP contribution >= 0.6 is 11.6 Å². The number of halogens is 1. The van der Waals surface area contributed by atoms with Crippen molar-refractivity contribution in [3.8, 4) is 0 Å². The molecule has 1 rings (SSSR count). The predicted octanol–water partition coefficient (Wildman–Crippen LogP) is 3.84. The van der Waals surface area contributed by atoms with Gasteiger partial charge >= 0.3 is 5.97 Å². The van der Waals surface area contributed by atoms with Crippen molar-refractivity contribution < 1.29 is 14.3 Å². The van der Waals surface area contributed by atoms with Crippen molar-refractivity contribution in [3.05, 3.63) is 40.9 Å². The minimum atomic E-state index is -0.621. The Morgan fingerprint density at radius 3 is 2.48 bits per heavy atom. The van der Waals surface area contributed by atoms with E-state index in [-0.39, 0.29) is 17.8 Å². The number of hydrogen-bond acceptors (Lipinski definition) is 3. The fourth-order valence-electron chi connectivity index (χ4n) is 1.95. The van der Waals surface area contributed by atoms with Gasteiger partial charge in [0, 0.05) is 11.1 Å². The van der Waals surface area contributed by atoms with Gasteiger partial charge in [0.05, 0.1) is 6.61 Å². The Morgan fingerprint density at radius 1 is 1.26 bits per heavy atom. The summed E-state index contributed by atoms with van der Waals surface area (Å²) in [5, 5.41) is 3.35. The molecule has 0 bridgehead atoms. The Hall–Kier alpha value is -1.81. The van der Waals surface area contributed by atoms with Crippen LogP contribution in [0.1, 0.15) is 39.2 Å². The van der Waals surface area contributed by atoms with E-state index >= 15 is 0 Å². The molecule has 0 aliphatic heterocycles. The summed E-state index contributed by atoms with van der Waals surface area (Å²) in [7, 11) is 0. The van der Waals surface area contributed by atoms with Gasteiger partial charge in [-0.25, -0.2) is 4.79 Å². The molecule has 0 radical (unpaired) electrons. The number of amides is 1. The van der Waals surface area contributed by atoms with Gasteiger partial charge in [0.1, 0.15) is 6.04 Å². The van der Waals surface area contributed by atoms with Crippen LogP contribution in [0.4, 0.5) is 0 Å². The summed E-state index contributed by atoms with van der Waals surface area (Å²) in [6, 6.07) is 6.51. The van der Waals surface area contributed by atoms with Crippen molar-refractivity contribution >= 4 is 29.6 Å². The number of carbonyl (C=O) groups is 2. The number of hydrogen-bond donors (Lipinski definition) is 1. The molecule has 0 aliphatic carbocycles. The van der Waals surface area contributed by atoms with Crippen molar-refractivity contribution in [2.45, 2.75) is 39.7 Å². The van der Waals surface area contributed by atoms with Crippen LogP contribution in [0.5, 0.6) is 0 Å². The summed E-state index contributed by atoms with van der Waals surface area (Å²) >= 11 is 5.81. The molecule has 1 N–H and O–H groups in total. The molecule has 0 unspecified atom stereocenters. The van der Waals surface area contributed by atoms with Gasteiger partial charge in [-0.3, -0.25) is 4.79 Å². The molecule has 1 atom stereocenters. The third-order valence-electron chi connectivity index (χ3n) is 3.05. The lowest BCUT2D eigenvalue weighted by Crippen LogP contribution is -2.42. The van der Waals surface area contributed by atoms with Gasteiger partial charge in [-0.1, -0.05) is 44.5 Å². The van der Waals surface area contributed by atoms with Gasteiger partial charge in [0.2, 0.25) is 5.91 Å². The number of carbonyl (C=O) groups excluding carboxylic acids is 2. The molecule has 0 heterocycles. The second-order valence-corrected chi connectivity index (χ2v) is 6.18. The minimum Gasteiger partial charge on any atom is -0.464 e. The highest BCUT2D eigenvalue weighted by molar-refractivity contribution is 6.30. The van der Waals surface area contributed by atoms with E-state index < -0.39 is 6.04 Å². The van der Waals surface area contributed by atoms with E-state index in [2.05, 4.69) is 5.32 Å². The van der Waals surface area contributed by atoms with Crippen LogP contribution in [0.2, 0.25) is 5.02 Å². The van der Waals surface area contributed by atoms with E-state index in [0.29, 0.717) is 18.1 Å². The Bertz CT molecular complexity index is 538. The highest BCUT2D eigenvalue weighted by Crippen LogP contribution is 2.11. The van der Waals surface area contributed by atoms with Crippen molar-refractivity contribution in [1.82, 2.24) is 5.32 Å². The summed E-state index contributed by atoms with van der Waals surface area (Å²) in [6.07, 6.45) is 4.38. The molecule has 1 amide bonds. The largest absolute Gasteiger partial charge is 0.464 e. The third kappa shape index (κ3) is 7.84. The quantitative estimate of drug-likeness (QED) is 0.579. The second-order valence-electron chi connectivity index (χ2n) is 5.74. The zero-order valence-electron chi connectivity index (χ0n) is 13.8. The van der Waals surface area contributed by atoms with Gasteiger partial charge < -0.3 is 10.1 Å². The lowest BCUT2D eigenvalue weighted by Gasteiger charge is -2.18. The highest BCUT2D eigenvalue weighted by Gasteiger charge is 2.22. The topological polar surface area (TPSA) is 55.4 Å². The molecule has 0 fully saturated rings. The Labute approximate surface area is 142 Å². The van der Waals surface area contributed by atoms with Crippen LogP contribution < -0.4 is 5.32 Å².